The van der Waals surface area contributed by atoms with Crippen LogP contribution in [0.5, 0.6) is 0 Å². The van der Waals surface area contributed by atoms with Crippen molar-refractivity contribution in [2.45, 2.75) is 46.7 Å². The zero-order chi connectivity index (χ0) is 29.0. The molecule has 10 nitrogen and oxygen atoms in total. The summed E-state index contributed by atoms with van der Waals surface area (Å²) < 4.78 is 20.9. The number of rotatable bonds is 10. The number of hydrogen-bond acceptors (Lipinski definition) is 6. The maximum Gasteiger partial charge on any atom is 0.404 e. The van der Waals surface area contributed by atoms with Gasteiger partial charge in [0.25, 0.3) is 17.2 Å². The van der Waals surface area contributed by atoms with E-state index in [-0.39, 0.29) is 48.4 Å². The van der Waals surface area contributed by atoms with Crippen molar-refractivity contribution in [1.29, 1.82) is 0 Å². The number of carbonyl (C=O) groups excluding carboxylic acids is 1. The van der Waals surface area contributed by atoms with Crippen LogP contribution in [0.3, 0.4) is 0 Å². The molecule has 0 aliphatic carbocycles. The summed E-state index contributed by atoms with van der Waals surface area (Å²) in [6, 6.07) is 12.4. The van der Waals surface area contributed by atoms with E-state index >= 15 is 0 Å². The Bertz CT molecular complexity index is 1580. The molecule has 4 aromatic rings. The lowest BCUT2D eigenvalue weighted by Crippen LogP contribution is -2.42. The Morgan fingerprint density at radius 2 is 1.88 bits per heavy atom. The Hall–Kier alpha value is -4.54. The zero-order valence-corrected chi connectivity index (χ0v) is 22.8. The summed E-state index contributed by atoms with van der Waals surface area (Å²) in [6.07, 6.45) is -0.834. The van der Waals surface area contributed by atoms with Crippen molar-refractivity contribution in [3.63, 3.8) is 0 Å². The summed E-state index contributed by atoms with van der Waals surface area (Å²) in [5.74, 6) is -0.701. The molecule has 11 heteroatoms. The monoisotopic (exact) mass is 549 g/mol. The quantitative estimate of drug-likeness (QED) is 0.275. The number of hydrogen-bond donors (Lipinski definition) is 2. The molecule has 0 saturated carbocycles. The third kappa shape index (κ3) is 6.19. The van der Waals surface area contributed by atoms with E-state index in [4.69, 9.17) is 14.6 Å². The van der Waals surface area contributed by atoms with Crippen LogP contribution >= 0.6 is 0 Å². The molecule has 2 amide bonds. The largest absolute Gasteiger partial charge is 0.465 e. The molecule has 1 atom stereocenters. The first-order chi connectivity index (χ1) is 19.1. The Kier molecular flexibility index (Phi) is 8.61. The fourth-order valence-corrected chi connectivity index (χ4v) is 4.75. The van der Waals surface area contributed by atoms with Gasteiger partial charge in [0.2, 0.25) is 0 Å². The van der Waals surface area contributed by atoms with Gasteiger partial charge in [0.15, 0.2) is 0 Å². The molecule has 2 aromatic heterocycles. The molecular formula is C29H32FN5O5. The van der Waals surface area contributed by atoms with E-state index in [1.54, 1.807) is 36.1 Å². The van der Waals surface area contributed by atoms with Gasteiger partial charge >= 0.3 is 6.09 Å². The molecule has 0 aliphatic heterocycles. The number of nitrogens with one attached hydrogen (secondary N) is 1. The molecule has 2 N–H and O–H groups in total. The van der Waals surface area contributed by atoms with Gasteiger partial charge in [-0.05, 0) is 56.0 Å². The minimum Gasteiger partial charge on any atom is -0.465 e. The van der Waals surface area contributed by atoms with Gasteiger partial charge in [0.1, 0.15) is 17.0 Å². The summed E-state index contributed by atoms with van der Waals surface area (Å²) in [6.45, 7) is 7.69. The molecule has 0 saturated heterocycles. The van der Waals surface area contributed by atoms with E-state index in [1.165, 1.54) is 16.7 Å². The number of carbonyl (C=O) groups is 2. The smallest absolute Gasteiger partial charge is 0.404 e. The average Bonchev–Trinajstić information content (AvgIpc) is 3.28. The maximum absolute atomic E-state index is 14.1. The maximum atomic E-state index is 14.1. The number of halogens is 1. The number of aryl methyl sites for hydroxylation is 2. The van der Waals surface area contributed by atoms with Crippen molar-refractivity contribution < 1.29 is 23.6 Å². The average molecular weight is 550 g/mol. The number of aromatic nitrogens is 3. The standard InChI is InChI=1S/C29H32FN5O5/c1-17(2)24(34(14-6-13-31-29(38)39)27(36)21-11-9-18(3)10-12-21)25-32-26-23(19(4)33-40-26)28(37)35(25)16-20-7-5-8-22(30)15-20/h5,7-12,15,17,24,31H,6,13-14,16H2,1-4H3,(H,38,39). The van der Waals surface area contributed by atoms with Crippen LogP contribution < -0.4 is 10.9 Å². The summed E-state index contributed by atoms with van der Waals surface area (Å²) in [7, 11) is 0. The van der Waals surface area contributed by atoms with Crippen LogP contribution in [-0.2, 0) is 6.54 Å². The first kappa shape index (κ1) is 28.5. The van der Waals surface area contributed by atoms with E-state index in [1.807, 2.05) is 32.9 Å². The molecule has 40 heavy (non-hydrogen) atoms. The molecule has 210 valence electrons. The van der Waals surface area contributed by atoms with Crippen LogP contribution in [0.4, 0.5) is 9.18 Å². The molecule has 0 spiro atoms. The number of benzene rings is 2. The number of amides is 2. The highest BCUT2D eigenvalue weighted by Gasteiger charge is 2.33. The van der Waals surface area contributed by atoms with Crippen LogP contribution in [-0.4, -0.2) is 49.8 Å². The first-order valence-corrected chi connectivity index (χ1v) is 13.0. The Morgan fingerprint density at radius 1 is 1.15 bits per heavy atom. The van der Waals surface area contributed by atoms with Gasteiger partial charge in [0, 0.05) is 18.7 Å². The fraction of sp³-hybridized carbons (Fsp3) is 0.345. The molecule has 0 radical (unpaired) electrons. The number of nitrogens with zero attached hydrogens (tertiary/aromatic N) is 4. The van der Waals surface area contributed by atoms with Gasteiger partial charge in [-0.15, -0.1) is 0 Å². The number of fused-ring (bicyclic) bond motifs is 1. The molecular weight excluding hydrogens is 517 g/mol. The van der Waals surface area contributed by atoms with E-state index in [2.05, 4.69) is 10.5 Å². The van der Waals surface area contributed by atoms with E-state index in [9.17, 15) is 18.8 Å². The van der Waals surface area contributed by atoms with Gasteiger partial charge in [-0.3, -0.25) is 14.2 Å². The van der Waals surface area contributed by atoms with Crippen molar-refractivity contribution in [1.82, 2.24) is 24.9 Å². The van der Waals surface area contributed by atoms with Crippen LogP contribution in [0.1, 0.15) is 59.3 Å². The highest BCUT2D eigenvalue weighted by Crippen LogP contribution is 2.30. The Labute approximate surface area is 230 Å². The Morgan fingerprint density at radius 3 is 2.52 bits per heavy atom. The molecule has 0 aliphatic rings. The van der Waals surface area contributed by atoms with E-state index < -0.39 is 23.5 Å². The third-order valence-corrected chi connectivity index (χ3v) is 6.67. The molecule has 0 fully saturated rings. The second-order valence-corrected chi connectivity index (χ2v) is 10.1. The van der Waals surface area contributed by atoms with Crippen LogP contribution in [0.25, 0.3) is 11.1 Å². The van der Waals surface area contributed by atoms with Crippen molar-refractivity contribution in [2.24, 2.45) is 5.92 Å². The summed E-state index contributed by atoms with van der Waals surface area (Å²) >= 11 is 0. The second-order valence-electron chi connectivity index (χ2n) is 10.1. The molecule has 1 unspecified atom stereocenters. The van der Waals surface area contributed by atoms with Crippen LogP contribution in [0.15, 0.2) is 57.8 Å². The normalized spacial score (nSPS) is 12.1. The van der Waals surface area contributed by atoms with Crippen LogP contribution in [0, 0.1) is 25.6 Å². The van der Waals surface area contributed by atoms with E-state index in [0.29, 0.717) is 23.2 Å². The minimum absolute atomic E-state index is 0.00976. The van der Waals surface area contributed by atoms with E-state index in [0.717, 1.165) is 5.56 Å². The zero-order valence-electron chi connectivity index (χ0n) is 22.8. The predicted molar refractivity (Wildman–Crippen MR) is 147 cm³/mol. The highest BCUT2D eigenvalue weighted by molar-refractivity contribution is 5.94. The predicted octanol–water partition coefficient (Wildman–Crippen LogP) is 4.69. The number of carboxylic acid groups (broad SMARTS) is 1. The highest BCUT2D eigenvalue weighted by atomic mass is 19.1. The van der Waals surface area contributed by atoms with Crippen molar-refractivity contribution >= 4 is 23.1 Å². The van der Waals surface area contributed by atoms with Gasteiger partial charge < -0.3 is 19.8 Å². The lowest BCUT2D eigenvalue weighted by molar-refractivity contribution is 0.0601. The third-order valence-electron chi connectivity index (χ3n) is 6.67. The van der Waals surface area contributed by atoms with Gasteiger partial charge in [-0.2, -0.15) is 4.98 Å². The second kappa shape index (κ2) is 12.1. The van der Waals surface area contributed by atoms with Crippen LogP contribution in [0.2, 0.25) is 0 Å². The lowest BCUT2D eigenvalue weighted by Gasteiger charge is -2.35. The molecule has 4 rings (SSSR count). The minimum atomic E-state index is -1.16. The molecule has 2 heterocycles. The fourth-order valence-electron chi connectivity index (χ4n) is 4.75. The summed E-state index contributed by atoms with van der Waals surface area (Å²) in [5.41, 5.74) is 1.99. The van der Waals surface area contributed by atoms with Gasteiger partial charge in [-0.25, -0.2) is 9.18 Å². The van der Waals surface area contributed by atoms with Gasteiger partial charge in [-0.1, -0.05) is 48.8 Å². The van der Waals surface area contributed by atoms with Crippen molar-refractivity contribution in [2.75, 3.05) is 13.1 Å². The topological polar surface area (TPSA) is 131 Å². The summed E-state index contributed by atoms with van der Waals surface area (Å²) in [4.78, 5) is 45.1. The van der Waals surface area contributed by atoms with Gasteiger partial charge in [0.05, 0.1) is 18.3 Å². The van der Waals surface area contributed by atoms with Crippen molar-refractivity contribution in [3.8, 4) is 0 Å². The molecule has 2 aromatic carbocycles. The summed E-state index contributed by atoms with van der Waals surface area (Å²) in [5, 5.41) is 15.5. The Balaban J connectivity index is 1.87. The SMILES string of the molecule is Cc1ccc(C(=O)N(CCCNC(=O)O)C(c2nc3onc(C)c3c(=O)n2Cc2cccc(F)c2)C(C)C)cc1. The van der Waals surface area contributed by atoms with Crippen molar-refractivity contribution in [3.05, 3.63) is 92.9 Å². The molecule has 0 bridgehead atoms. The first-order valence-electron chi connectivity index (χ1n) is 13.0. The lowest BCUT2D eigenvalue weighted by atomic mass is 9.98.